The molecule has 0 aliphatic rings. The lowest BCUT2D eigenvalue weighted by molar-refractivity contribution is 0.513. The van der Waals surface area contributed by atoms with Crippen molar-refractivity contribution in [2.24, 2.45) is 0 Å². The molecule has 0 amide bonds. The van der Waals surface area contributed by atoms with E-state index >= 15 is 0 Å². The van der Waals surface area contributed by atoms with Crippen molar-refractivity contribution < 1.29 is 4.42 Å². The zero-order valence-corrected chi connectivity index (χ0v) is 12.9. The van der Waals surface area contributed by atoms with Crippen LogP contribution >= 0.6 is 23.2 Å². The van der Waals surface area contributed by atoms with E-state index in [9.17, 15) is 4.79 Å². The minimum Gasteiger partial charge on any atom is -0.408 e. The highest BCUT2D eigenvalue weighted by molar-refractivity contribution is 6.33. The summed E-state index contributed by atoms with van der Waals surface area (Å²) in [4.78, 5) is 11.7. The molecule has 1 aromatic heterocycles. The number of rotatable bonds is 3. The number of hydrogen-bond donors (Lipinski definition) is 0. The molecule has 3 aromatic rings. The molecule has 0 bridgehead atoms. The Morgan fingerprint density at radius 3 is 2.71 bits per heavy atom. The topological polar surface area (TPSA) is 35.1 Å². The standard InChI is InChI=1S/C16H13Cl2NO2/c1-2-19-13-8-7-10(9-14(13)21-16(19)20)15(18)11-5-3-4-6-12(11)17/h3-9,15H,2H2,1H3. The van der Waals surface area contributed by atoms with Gasteiger partial charge in [-0.3, -0.25) is 4.57 Å². The summed E-state index contributed by atoms with van der Waals surface area (Å²) in [5.41, 5.74) is 2.98. The van der Waals surface area contributed by atoms with E-state index in [0.29, 0.717) is 17.2 Å². The molecule has 21 heavy (non-hydrogen) atoms. The predicted octanol–water partition coefficient (Wildman–Crippen LogP) is 4.60. The van der Waals surface area contributed by atoms with Crippen molar-refractivity contribution in [1.82, 2.24) is 4.57 Å². The summed E-state index contributed by atoms with van der Waals surface area (Å²) in [7, 11) is 0. The van der Waals surface area contributed by atoms with Crippen LogP contribution in [0, 0.1) is 0 Å². The maximum atomic E-state index is 11.7. The van der Waals surface area contributed by atoms with Gasteiger partial charge in [0.1, 0.15) is 0 Å². The SMILES string of the molecule is CCn1c(=O)oc2cc(C(Cl)c3ccccc3Cl)ccc21. The second-order valence-corrected chi connectivity index (χ2v) is 5.57. The van der Waals surface area contributed by atoms with Crippen molar-refractivity contribution in [3.63, 3.8) is 0 Å². The van der Waals surface area contributed by atoms with Crippen LogP contribution in [-0.2, 0) is 6.54 Å². The van der Waals surface area contributed by atoms with E-state index in [1.165, 1.54) is 0 Å². The first-order valence-electron chi connectivity index (χ1n) is 6.63. The normalized spacial score (nSPS) is 12.7. The minimum atomic E-state index is -0.390. The summed E-state index contributed by atoms with van der Waals surface area (Å²) in [5.74, 6) is -0.353. The van der Waals surface area contributed by atoms with Crippen LogP contribution in [0.3, 0.4) is 0 Å². The number of nitrogens with zero attached hydrogens (tertiary/aromatic N) is 1. The Balaban J connectivity index is 2.09. The third-order valence-electron chi connectivity index (χ3n) is 3.48. The Bertz CT molecular complexity index is 851. The number of benzene rings is 2. The quantitative estimate of drug-likeness (QED) is 0.661. The van der Waals surface area contributed by atoms with Gasteiger partial charge in [0.05, 0.1) is 10.9 Å². The van der Waals surface area contributed by atoms with Crippen LogP contribution in [0.1, 0.15) is 23.4 Å². The first-order valence-corrected chi connectivity index (χ1v) is 7.45. The van der Waals surface area contributed by atoms with Crippen molar-refractivity contribution in [3.05, 3.63) is 69.2 Å². The van der Waals surface area contributed by atoms with Crippen molar-refractivity contribution in [1.29, 1.82) is 0 Å². The Kier molecular flexibility index (Phi) is 3.79. The van der Waals surface area contributed by atoms with Gasteiger partial charge in [0.15, 0.2) is 5.58 Å². The number of alkyl halides is 1. The molecule has 0 saturated heterocycles. The molecule has 108 valence electrons. The molecule has 3 nitrogen and oxygen atoms in total. The molecule has 0 spiro atoms. The fourth-order valence-electron chi connectivity index (χ4n) is 2.40. The molecule has 2 aromatic carbocycles. The number of halogens is 2. The van der Waals surface area contributed by atoms with Gasteiger partial charge in [-0.05, 0) is 36.2 Å². The molecule has 5 heteroatoms. The van der Waals surface area contributed by atoms with Crippen LogP contribution in [0.2, 0.25) is 5.02 Å². The molecule has 1 heterocycles. The van der Waals surface area contributed by atoms with E-state index in [0.717, 1.165) is 16.6 Å². The van der Waals surface area contributed by atoms with E-state index in [1.807, 2.05) is 37.3 Å². The second kappa shape index (κ2) is 5.58. The zero-order valence-electron chi connectivity index (χ0n) is 11.3. The minimum absolute atomic E-state index is 0.353. The lowest BCUT2D eigenvalue weighted by Crippen LogP contribution is -2.11. The number of aryl methyl sites for hydroxylation is 1. The molecule has 0 aliphatic carbocycles. The number of fused-ring (bicyclic) bond motifs is 1. The summed E-state index contributed by atoms with van der Waals surface area (Å²) in [6, 6.07) is 13.0. The van der Waals surface area contributed by atoms with Gasteiger partial charge >= 0.3 is 5.76 Å². The third-order valence-corrected chi connectivity index (χ3v) is 4.31. The first kappa shape index (κ1) is 14.2. The first-order chi connectivity index (χ1) is 10.1. The summed E-state index contributed by atoms with van der Waals surface area (Å²) >= 11 is 12.7. The smallest absolute Gasteiger partial charge is 0.408 e. The lowest BCUT2D eigenvalue weighted by atomic mass is 10.0. The van der Waals surface area contributed by atoms with Crippen LogP contribution in [0.4, 0.5) is 0 Å². The molecule has 0 aliphatic heterocycles. The van der Waals surface area contributed by atoms with E-state index in [-0.39, 0.29) is 5.76 Å². The maximum Gasteiger partial charge on any atom is 0.419 e. The van der Waals surface area contributed by atoms with Crippen molar-refractivity contribution in [3.8, 4) is 0 Å². The van der Waals surface area contributed by atoms with Gasteiger partial charge < -0.3 is 4.42 Å². The van der Waals surface area contributed by atoms with Gasteiger partial charge in [-0.15, -0.1) is 11.6 Å². The van der Waals surface area contributed by atoms with Crippen LogP contribution < -0.4 is 5.76 Å². The van der Waals surface area contributed by atoms with Gasteiger partial charge in [0.2, 0.25) is 0 Å². The molecule has 3 rings (SSSR count). The highest BCUT2D eigenvalue weighted by atomic mass is 35.5. The van der Waals surface area contributed by atoms with E-state index in [4.69, 9.17) is 27.6 Å². The van der Waals surface area contributed by atoms with E-state index in [1.54, 1.807) is 16.7 Å². The molecule has 1 atom stereocenters. The highest BCUT2D eigenvalue weighted by Gasteiger charge is 2.16. The fourth-order valence-corrected chi connectivity index (χ4v) is 3.03. The van der Waals surface area contributed by atoms with Crippen LogP contribution in [0.25, 0.3) is 11.1 Å². The Hall–Kier alpha value is -1.71. The molecule has 1 unspecified atom stereocenters. The number of oxazole rings is 1. The Morgan fingerprint density at radius 2 is 2.00 bits per heavy atom. The fraction of sp³-hybridized carbons (Fsp3) is 0.188. The van der Waals surface area contributed by atoms with Crippen molar-refractivity contribution >= 4 is 34.3 Å². The van der Waals surface area contributed by atoms with E-state index < -0.39 is 5.38 Å². The van der Waals surface area contributed by atoms with Gasteiger partial charge in [-0.2, -0.15) is 0 Å². The average molecular weight is 322 g/mol. The molecule has 0 N–H and O–H groups in total. The molecular weight excluding hydrogens is 309 g/mol. The predicted molar refractivity (Wildman–Crippen MR) is 85.3 cm³/mol. The highest BCUT2D eigenvalue weighted by Crippen LogP contribution is 2.34. The second-order valence-electron chi connectivity index (χ2n) is 4.72. The van der Waals surface area contributed by atoms with Crippen LogP contribution in [0.5, 0.6) is 0 Å². The van der Waals surface area contributed by atoms with Gasteiger partial charge in [-0.25, -0.2) is 4.79 Å². The molecule has 0 fully saturated rings. The maximum absolute atomic E-state index is 11.7. The molecular formula is C16H13Cl2NO2. The zero-order chi connectivity index (χ0) is 15.0. The van der Waals surface area contributed by atoms with Crippen LogP contribution in [0.15, 0.2) is 51.7 Å². The molecule has 0 saturated carbocycles. The third kappa shape index (κ3) is 2.47. The van der Waals surface area contributed by atoms with Crippen LogP contribution in [-0.4, -0.2) is 4.57 Å². The van der Waals surface area contributed by atoms with Gasteiger partial charge in [0.25, 0.3) is 0 Å². The number of hydrogen-bond acceptors (Lipinski definition) is 2. The van der Waals surface area contributed by atoms with E-state index in [2.05, 4.69) is 0 Å². The summed E-state index contributed by atoms with van der Waals surface area (Å²) in [5, 5.41) is 0.226. The average Bonchev–Trinajstić information content (AvgIpc) is 2.81. The van der Waals surface area contributed by atoms with Crippen molar-refractivity contribution in [2.75, 3.05) is 0 Å². The Labute approximate surface area is 131 Å². The Morgan fingerprint density at radius 1 is 1.24 bits per heavy atom. The monoisotopic (exact) mass is 321 g/mol. The van der Waals surface area contributed by atoms with Gasteiger partial charge in [-0.1, -0.05) is 35.9 Å². The van der Waals surface area contributed by atoms with Crippen molar-refractivity contribution in [2.45, 2.75) is 18.8 Å². The summed E-state index contributed by atoms with van der Waals surface area (Å²) in [6.07, 6.45) is 0. The lowest BCUT2D eigenvalue weighted by Gasteiger charge is -2.12. The summed E-state index contributed by atoms with van der Waals surface area (Å²) in [6.45, 7) is 2.47. The largest absolute Gasteiger partial charge is 0.419 e. The molecule has 0 radical (unpaired) electrons. The van der Waals surface area contributed by atoms with Gasteiger partial charge in [0, 0.05) is 11.6 Å². The number of aromatic nitrogens is 1. The summed E-state index contributed by atoms with van der Waals surface area (Å²) < 4.78 is 6.84.